The van der Waals surface area contributed by atoms with Crippen molar-refractivity contribution in [1.82, 2.24) is 4.98 Å². The fourth-order valence-electron chi connectivity index (χ4n) is 2.73. The number of aromatic nitrogens is 1. The molecule has 0 spiro atoms. The Hall–Kier alpha value is -3.49. The van der Waals surface area contributed by atoms with Gasteiger partial charge in [-0.15, -0.1) is 0 Å². The van der Waals surface area contributed by atoms with E-state index in [4.69, 9.17) is 4.74 Å². The molecule has 0 fully saturated rings. The predicted octanol–water partition coefficient (Wildman–Crippen LogP) is 3.06. The molecule has 1 aliphatic rings. The number of nitrogens with zero attached hydrogens (tertiary/aromatic N) is 3. The van der Waals surface area contributed by atoms with Gasteiger partial charge in [-0.2, -0.15) is 0 Å². The Kier molecular flexibility index (Phi) is 4.07. The summed E-state index contributed by atoms with van der Waals surface area (Å²) in [5, 5.41) is 14.0. The Morgan fingerprint density at radius 2 is 1.96 bits per heavy atom. The maximum Gasteiger partial charge on any atom is 0.414 e. The number of nitrogens with one attached hydrogen (secondary N) is 1. The van der Waals surface area contributed by atoms with Crippen molar-refractivity contribution in [3.63, 3.8) is 0 Å². The summed E-state index contributed by atoms with van der Waals surface area (Å²) in [6.07, 6.45) is 2.30. The molecule has 2 amide bonds. The second-order valence-electron chi connectivity index (χ2n) is 6.27. The van der Waals surface area contributed by atoms with Gasteiger partial charge in [-0.25, -0.2) is 4.79 Å². The van der Waals surface area contributed by atoms with Crippen molar-refractivity contribution >= 4 is 29.1 Å². The summed E-state index contributed by atoms with van der Waals surface area (Å²) >= 11 is 0. The van der Waals surface area contributed by atoms with E-state index in [0.29, 0.717) is 16.8 Å². The molecule has 1 aliphatic heterocycles. The Balaban J connectivity index is 2.10. The molecule has 2 aromatic rings. The van der Waals surface area contributed by atoms with Crippen LogP contribution in [0.1, 0.15) is 29.8 Å². The molecule has 0 radical (unpaired) electrons. The lowest BCUT2D eigenvalue weighted by atomic mass is 9.93. The molecule has 2 heterocycles. The Bertz CT molecular complexity index is 911. The maximum atomic E-state index is 12.4. The number of carbonyl (C=O) groups is 2. The van der Waals surface area contributed by atoms with E-state index in [9.17, 15) is 19.7 Å². The number of nitro groups is 1. The fraction of sp³-hybridized carbons (Fsp3) is 0.235. The third-order valence-corrected chi connectivity index (χ3v) is 4.13. The average molecular weight is 356 g/mol. The number of hydrogen-bond donors (Lipinski definition) is 1. The molecule has 0 atom stereocenters. The van der Waals surface area contributed by atoms with E-state index in [-0.39, 0.29) is 11.4 Å². The second-order valence-corrected chi connectivity index (χ2v) is 6.27. The summed E-state index contributed by atoms with van der Waals surface area (Å²) in [4.78, 5) is 40.2. The predicted molar refractivity (Wildman–Crippen MR) is 93.2 cm³/mol. The first kappa shape index (κ1) is 17.3. The number of ether oxygens (including phenoxy) is 1. The molecular formula is C17H16N4O5. The van der Waals surface area contributed by atoms with Crippen molar-refractivity contribution in [1.29, 1.82) is 0 Å². The lowest BCUT2D eigenvalue weighted by Crippen LogP contribution is -2.41. The number of benzene rings is 1. The molecule has 1 aromatic heterocycles. The molecule has 0 unspecified atom stereocenters. The molecule has 0 saturated carbocycles. The lowest BCUT2D eigenvalue weighted by molar-refractivity contribution is -0.383. The van der Waals surface area contributed by atoms with E-state index in [2.05, 4.69) is 10.3 Å². The Labute approximate surface area is 148 Å². The highest BCUT2D eigenvalue weighted by atomic mass is 16.6. The average Bonchev–Trinajstić information content (AvgIpc) is 2.59. The first-order chi connectivity index (χ1) is 12.2. The maximum absolute atomic E-state index is 12.4. The zero-order valence-corrected chi connectivity index (χ0v) is 14.3. The van der Waals surface area contributed by atoms with Crippen molar-refractivity contribution in [2.45, 2.75) is 19.4 Å². The highest BCUT2D eigenvalue weighted by Crippen LogP contribution is 2.43. The van der Waals surface area contributed by atoms with Crippen molar-refractivity contribution in [2.75, 3.05) is 17.3 Å². The van der Waals surface area contributed by atoms with Crippen LogP contribution < -0.4 is 10.2 Å². The minimum absolute atomic E-state index is 0.0231. The monoisotopic (exact) mass is 356 g/mol. The Morgan fingerprint density at radius 1 is 1.31 bits per heavy atom. The summed E-state index contributed by atoms with van der Waals surface area (Å²) in [7, 11) is 1.47. The van der Waals surface area contributed by atoms with Crippen LogP contribution in [0.25, 0.3) is 0 Å². The molecule has 26 heavy (non-hydrogen) atoms. The number of nitro benzene ring substituents is 1. The van der Waals surface area contributed by atoms with Crippen molar-refractivity contribution in [3.8, 4) is 0 Å². The van der Waals surface area contributed by atoms with E-state index in [1.807, 2.05) is 0 Å². The number of rotatable bonds is 3. The number of amides is 2. The summed E-state index contributed by atoms with van der Waals surface area (Å²) in [5.74, 6) is -0.505. The molecule has 0 bridgehead atoms. The molecule has 9 nitrogen and oxygen atoms in total. The van der Waals surface area contributed by atoms with Crippen LogP contribution in [-0.2, 0) is 10.3 Å². The minimum Gasteiger partial charge on any atom is -0.438 e. The summed E-state index contributed by atoms with van der Waals surface area (Å²) in [6.45, 7) is 3.36. The van der Waals surface area contributed by atoms with Crippen LogP contribution in [0, 0.1) is 10.1 Å². The molecule has 1 N–H and O–H groups in total. The first-order valence-electron chi connectivity index (χ1n) is 7.71. The van der Waals surface area contributed by atoms with E-state index in [1.165, 1.54) is 48.6 Å². The van der Waals surface area contributed by atoms with Gasteiger partial charge in [0.05, 0.1) is 10.6 Å². The smallest absolute Gasteiger partial charge is 0.414 e. The number of carbonyl (C=O) groups excluding carboxylic acids is 2. The summed E-state index contributed by atoms with van der Waals surface area (Å²) in [6, 6.07) is 5.73. The van der Waals surface area contributed by atoms with Gasteiger partial charge in [-0.3, -0.25) is 24.8 Å². The van der Waals surface area contributed by atoms with Gasteiger partial charge in [-0.1, -0.05) is 0 Å². The van der Waals surface area contributed by atoms with Gasteiger partial charge < -0.3 is 10.1 Å². The van der Waals surface area contributed by atoms with Crippen LogP contribution in [0.5, 0.6) is 0 Å². The Morgan fingerprint density at radius 3 is 2.58 bits per heavy atom. The third-order valence-electron chi connectivity index (χ3n) is 4.13. The fourth-order valence-corrected chi connectivity index (χ4v) is 2.73. The molecule has 0 saturated heterocycles. The molecule has 134 valence electrons. The molecule has 0 aliphatic carbocycles. The van der Waals surface area contributed by atoms with Crippen LogP contribution in [-0.4, -0.2) is 29.0 Å². The SMILES string of the molecule is CN1C(=O)OC(C)(C)c2cc(NC(=O)c3ccncc3)c([N+](=O)[O-])cc21. The van der Waals surface area contributed by atoms with Gasteiger partial charge in [0.15, 0.2) is 0 Å². The van der Waals surface area contributed by atoms with Gasteiger partial charge >= 0.3 is 6.09 Å². The largest absolute Gasteiger partial charge is 0.438 e. The van der Waals surface area contributed by atoms with Crippen molar-refractivity contribution in [3.05, 3.63) is 57.9 Å². The number of hydrogen-bond acceptors (Lipinski definition) is 6. The van der Waals surface area contributed by atoms with Crippen LogP contribution >= 0.6 is 0 Å². The highest BCUT2D eigenvalue weighted by Gasteiger charge is 2.39. The third kappa shape index (κ3) is 2.94. The molecule has 1 aromatic carbocycles. The number of anilines is 2. The summed E-state index contributed by atoms with van der Waals surface area (Å²) in [5.41, 5.74) is -0.0621. The van der Waals surface area contributed by atoms with E-state index in [0.717, 1.165) is 0 Å². The normalized spacial score (nSPS) is 15.0. The van der Waals surface area contributed by atoms with Crippen LogP contribution in [0.3, 0.4) is 0 Å². The van der Waals surface area contributed by atoms with Gasteiger partial charge in [-0.05, 0) is 32.0 Å². The zero-order valence-electron chi connectivity index (χ0n) is 14.3. The topological polar surface area (TPSA) is 115 Å². The standard InChI is InChI=1S/C17H16N4O5/c1-17(2)11-8-12(19-15(22)10-4-6-18-7-5-10)14(21(24)25)9-13(11)20(3)16(23)26-17/h4-9H,1-3H3,(H,19,22). The summed E-state index contributed by atoms with van der Waals surface area (Å²) < 4.78 is 5.35. The van der Waals surface area contributed by atoms with Gasteiger partial charge in [0.25, 0.3) is 11.6 Å². The van der Waals surface area contributed by atoms with E-state index >= 15 is 0 Å². The minimum atomic E-state index is -0.996. The van der Waals surface area contributed by atoms with Crippen molar-refractivity contribution < 1.29 is 19.2 Å². The number of pyridine rings is 1. The van der Waals surface area contributed by atoms with Gasteiger partial charge in [0.2, 0.25) is 0 Å². The van der Waals surface area contributed by atoms with Gasteiger partial charge in [0.1, 0.15) is 11.3 Å². The van der Waals surface area contributed by atoms with Gasteiger partial charge in [0, 0.05) is 36.6 Å². The second kappa shape index (κ2) is 6.10. The highest BCUT2D eigenvalue weighted by molar-refractivity contribution is 6.06. The van der Waals surface area contributed by atoms with Crippen LogP contribution in [0.15, 0.2) is 36.7 Å². The van der Waals surface area contributed by atoms with Crippen LogP contribution in [0.4, 0.5) is 21.9 Å². The lowest BCUT2D eigenvalue weighted by Gasteiger charge is -2.37. The molecule has 9 heteroatoms. The number of cyclic esters (lactones) is 1. The molecule has 3 rings (SSSR count). The zero-order chi connectivity index (χ0) is 19.1. The van der Waals surface area contributed by atoms with E-state index < -0.39 is 22.5 Å². The molecular weight excluding hydrogens is 340 g/mol. The van der Waals surface area contributed by atoms with Crippen LogP contribution in [0.2, 0.25) is 0 Å². The first-order valence-corrected chi connectivity index (χ1v) is 7.71. The van der Waals surface area contributed by atoms with Crippen molar-refractivity contribution in [2.24, 2.45) is 0 Å². The number of fused-ring (bicyclic) bond motifs is 1. The van der Waals surface area contributed by atoms with E-state index in [1.54, 1.807) is 13.8 Å². The quantitative estimate of drug-likeness (QED) is 0.667.